The van der Waals surface area contributed by atoms with E-state index in [2.05, 4.69) is 60.9 Å². The summed E-state index contributed by atoms with van der Waals surface area (Å²) < 4.78 is 26.2. The van der Waals surface area contributed by atoms with E-state index in [4.69, 9.17) is 19.3 Å². The second-order valence-corrected chi connectivity index (χ2v) is 13.8. The molecule has 278 valence electrons. The maximum Gasteiger partial charge on any atom is 0.469 e. The third kappa shape index (κ3) is 36.8. The summed E-state index contributed by atoms with van der Waals surface area (Å²) in [4.78, 5) is 42.7. The van der Waals surface area contributed by atoms with Crippen LogP contribution in [0.25, 0.3) is 0 Å². The van der Waals surface area contributed by atoms with Crippen LogP contribution in [-0.2, 0) is 28.2 Å². The van der Waals surface area contributed by atoms with Gasteiger partial charge in [-0.3, -0.25) is 14.1 Å². The van der Waals surface area contributed by atoms with Crippen molar-refractivity contribution in [3.63, 3.8) is 0 Å². The lowest BCUT2D eigenvalue weighted by Gasteiger charge is -2.18. The Morgan fingerprint density at radius 2 is 1.04 bits per heavy atom. The van der Waals surface area contributed by atoms with Crippen molar-refractivity contribution in [1.29, 1.82) is 0 Å². The van der Waals surface area contributed by atoms with Crippen molar-refractivity contribution in [2.75, 3.05) is 13.2 Å². The lowest BCUT2D eigenvalue weighted by Crippen LogP contribution is -2.29. The predicted octanol–water partition coefficient (Wildman–Crippen LogP) is 11.2. The fraction of sp³-hybridized carbons (Fsp3) is 0.744. The van der Waals surface area contributed by atoms with Gasteiger partial charge in [-0.25, -0.2) is 4.57 Å². The van der Waals surface area contributed by atoms with Crippen LogP contribution in [0.5, 0.6) is 0 Å². The average molecular weight is 697 g/mol. The Morgan fingerprint density at radius 3 is 1.60 bits per heavy atom. The summed E-state index contributed by atoms with van der Waals surface area (Å²) in [5.74, 6) is -0.963. The molecule has 9 heteroatoms. The van der Waals surface area contributed by atoms with E-state index in [1.807, 2.05) is 6.08 Å². The first-order valence-electron chi connectivity index (χ1n) is 18.9. The zero-order valence-electron chi connectivity index (χ0n) is 30.4. The average Bonchev–Trinajstić information content (AvgIpc) is 3.05. The van der Waals surface area contributed by atoms with Crippen molar-refractivity contribution in [2.24, 2.45) is 0 Å². The summed E-state index contributed by atoms with van der Waals surface area (Å²) >= 11 is 0. The minimum Gasteiger partial charge on any atom is -0.462 e. The minimum atomic E-state index is -4.76. The molecule has 0 saturated heterocycles. The first-order valence-corrected chi connectivity index (χ1v) is 20.5. The van der Waals surface area contributed by atoms with Gasteiger partial charge in [0.1, 0.15) is 6.61 Å². The van der Waals surface area contributed by atoms with Gasteiger partial charge < -0.3 is 19.3 Å². The summed E-state index contributed by atoms with van der Waals surface area (Å²) in [7, 11) is -4.76. The molecule has 0 aliphatic rings. The maximum atomic E-state index is 12.3. The molecule has 0 spiro atoms. The second kappa shape index (κ2) is 34.9. The van der Waals surface area contributed by atoms with Gasteiger partial charge in [-0.1, -0.05) is 146 Å². The molecule has 8 nitrogen and oxygen atoms in total. The van der Waals surface area contributed by atoms with Crippen molar-refractivity contribution in [1.82, 2.24) is 0 Å². The van der Waals surface area contributed by atoms with Crippen molar-refractivity contribution >= 4 is 19.8 Å². The van der Waals surface area contributed by atoms with Gasteiger partial charge in [0.15, 0.2) is 6.10 Å². The summed E-state index contributed by atoms with van der Waals surface area (Å²) in [6, 6.07) is 0. The van der Waals surface area contributed by atoms with E-state index in [1.54, 1.807) is 0 Å². The van der Waals surface area contributed by atoms with Crippen molar-refractivity contribution in [3.8, 4) is 0 Å². The van der Waals surface area contributed by atoms with Crippen LogP contribution >= 0.6 is 7.82 Å². The highest BCUT2D eigenvalue weighted by atomic mass is 31.2. The molecule has 0 saturated carbocycles. The number of rotatable bonds is 34. The predicted molar refractivity (Wildman–Crippen MR) is 198 cm³/mol. The molecule has 0 unspecified atom stereocenters. The van der Waals surface area contributed by atoms with Crippen LogP contribution in [0.1, 0.15) is 168 Å². The smallest absolute Gasteiger partial charge is 0.462 e. The fourth-order valence-corrected chi connectivity index (χ4v) is 5.41. The molecule has 0 rings (SSSR count). The van der Waals surface area contributed by atoms with Gasteiger partial charge in [0.25, 0.3) is 0 Å². The van der Waals surface area contributed by atoms with E-state index >= 15 is 0 Å². The van der Waals surface area contributed by atoms with Gasteiger partial charge in [-0.2, -0.15) is 0 Å². The molecule has 0 aliphatic heterocycles. The van der Waals surface area contributed by atoms with Gasteiger partial charge in [-0.15, -0.1) is 0 Å². The molecule has 0 bridgehead atoms. The number of allylic oxidation sites excluding steroid dienone is 8. The molecular weight excluding hydrogens is 627 g/mol. The summed E-state index contributed by atoms with van der Waals surface area (Å²) in [5.41, 5.74) is 0. The van der Waals surface area contributed by atoms with E-state index < -0.39 is 32.5 Å². The highest BCUT2D eigenvalue weighted by Gasteiger charge is 2.22. The maximum absolute atomic E-state index is 12.3. The Bertz CT molecular complexity index is 921. The second-order valence-electron chi connectivity index (χ2n) is 12.5. The van der Waals surface area contributed by atoms with Crippen LogP contribution in [0.2, 0.25) is 0 Å². The molecule has 0 aromatic heterocycles. The Balaban J connectivity index is 4.04. The number of carbonyl (C=O) groups excluding carboxylic acids is 2. The van der Waals surface area contributed by atoms with Crippen molar-refractivity contribution < 1.29 is 37.9 Å². The molecule has 0 fully saturated rings. The Labute approximate surface area is 293 Å². The molecule has 0 aromatic rings. The van der Waals surface area contributed by atoms with Gasteiger partial charge in [0.2, 0.25) is 0 Å². The summed E-state index contributed by atoms with van der Waals surface area (Å²) in [6.07, 6.45) is 41.3. The first-order chi connectivity index (χ1) is 23.3. The van der Waals surface area contributed by atoms with E-state index in [0.29, 0.717) is 12.8 Å². The number of hydrogen-bond acceptors (Lipinski definition) is 6. The van der Waals surface area contributed by atoms with E-state index in [1.165, 1.54) is 64.2 Å². The standard InChI is InChI=1S/C39H69O8P/c1-3-5-7-9-11-13-15-17-19-21-23-25-27-29-31-33-38(40)45-35-37(36-46-48(42,43)44)47-39(41)34-32-30-28-26-24-22-20-18-16-14-12-10-8-6-4-2/h5,7,11,13,17,19,28,30,37H,3-4,6,8-10,12,14-16,18,20-27,29,31-36H2,1-2H3,(H2,42,43,44)/b7-5+,13-11+,19-17+,30-28+/t37-/m1/s1. The highest BCUT2D eigenvalue weighted by molar-refractivity contribution is 7.46. The van der Waals surface area contributed by atoms with Crippen LogP contribution in [0.3, 0.4) is 0 Å². The van der Waals surface area contributed by atoms with Crippen LogP contribution in [-0.4, -0.2) is 41.0 Å². The first kappa shape index (κ1) is 46.0. The van der Waals surface area contributed by atoms with Gasteiger partial charge >= 0.3 is 19.8 Å². The number of hydrogen-bond donors (Lipinski definition) is 2. The number of ether oxygens (including phenoxy) is 2. The normalized spacial score (nSPS) is 13.0. The summed E-state index contributed by atoms with van der Waals surface area (Å²) in [6.45, 7) is 3.51. The lowest BCUT2D eigenvalue weighted by atomic mass is 10.1. The van der Waals surface area contributed by atoms with Gasteiger partial charge in [-0.05, 0) is 57.8 Å². The quantitative estimate of drug-likeness (QED) is 0.0295. The molecular formula is C39H69O8P. The molecule has 1 atom stereocenters. The van der Waals surface area contributed by atoms with E-state index in [9.17, 15) is 14.2 Å². The number of phosphoric ester groups is 1. The Hall–Kier alpha value is -1.99. The van der Waals surface area contributed by atoms with Gasteiger partial charge in [0, 0.05) is 12.8 Å². The SMILES string of the molecule is CC/C=C/C/C=C/C/C=C/CCCCCCCC(=O)OC[C@H](COP(=O)(O)O)OC(=O)CC/C=C/CCCCCCCCCCCCC. The highest BCUT2D eigenvalue weighted by Crippen LogP contribution is 2.35. The Kier molecular flexibility index (Phi) is 33.4. The number of esters is 2. The topological polar surface area (TPSA) is 119 Å². The van der Waals surface area contributed by atoms with Crippen LogP contribution in [0, 0.1) is 0 Å². The minimum absolute atomic E-state index is 0.124. The van der Waals surface area contributed by atoms with Gasteiger partial charge in [0.05, 0.1) is 6.61 Å². The van der Waals surface area contributed by atoms with Crippen molar-refractivity contribution in [2.45, 2.75) is 174 Å². The summed E-state index contributed by atoms with van der Waals surface area (Å²) in [5, 5.41) is 0. The molecule has 0 aliphatic carbocycles. The monoisotopic (exact) mass is 696 g/mol. The molecule has 0 amide bonds. The van der Waals surface area contributed by atoms with E-state index in [-0.39, 0.29) is 19.4 Å². The zero-order valence-corrected chi connectivity index (χ0v) is 31.3. The molecule has 0 radical (unpaired) electrons. The fourth-order valence-electron chi connectivity index (χ4n) is 5.05. The van der Waals surface area contributed by atoms with E-state index in [0.717, 1.165) is 64.2 Å². The number of phosphoric acid groups is 1. The Morgan fingerprint density at radius 1 is 0.562 bits per heavy atom. The third-order valence-corrected chi connectivity index (χ3v) is 8.33. The van der Waals surface area contributed by atoms with Crippen LogP contribution in [0.4, 0.5) is 0 Å². The molecule has 0 aromatic carbocycles. The van der Waals surface area contributed by atoms with Crippen LogP contribution < -0.4 is 0 Å². The van der Waals surface area contributed by atoms with Crippen molar-refractivity contribution in [3.05, 3.63) is 48.6 Å². The third-order valence-electron chi connectivity index (χ3n) is 7.84. The number of unbranched alkanes of at least 4 members (excludes halogenated alkanes) is 16. The molecule has 0 heterocycles. The number of carbonyl (C=O) groups is 2. The molecule has 2 N–H and O–H groups in total. The molecule has 48 heavy (non-hydrogen) atoms. The lowest BCUT2D eigenvalue weighted by molar-refractivity contribution is -0.161. The zero-order chi connectivity index (χ0) is 35.4. The largest absolute Gasteiger partial charge is 0.469 e. The van der Waals surface area contributed by atoms with Crippen LogP contribution in [0.15, 0.2) is 48.6 Å².